The molecule has 1 N–H and O–H groups in total. The highest BCUT2D eigenvalue weighted by atomic mass is 16.4. The van der Waals surface area contributed by atoms with E-state index in [2.05, 4.69) is 36.1 Å². The van der Waals surface area contributed by atoms with Crippen molar-refractivity contribution in [3.05, 3.63) is 48.4 Å². The van der Waals surface area contributed by atoms with Gasteiger partial charge in [-0.1, -0.05) is 36.4 Å². The number of carbonyl (C=O) groups is 1. The number of benzene rings is 1. The van der Waals surface area contributed by atoms with Crippen LogP contribution in [-0.2, 0) is 4.79 Å². The number of piperidine rings is 1. The van der Waals surface area contributed by atoms with Gasteiger partial charge >= 0.3 is 5.97 Å². The van der Waals surface area contributed by atoms with Gasteiger partial charge in [0.2, 0.25) is 0 Å². The van der Waals surface area contributed by atoms with Crippen LogP contribution in [0.1, 0.15) is 24.0 Å². The fourth-order valence-electron chi connectivity index (χ4n) is 2.33. The van der Waals surface area contributed by atoms with Crippen LogP contribution in [0.2, 0.25) is 0 Å². The average Bonchev–Trinajstić information content (AvgIpc) is 2.41. The highest BCUT2D eigenvalue weighted by molar-refractivity contribution is 5.70. The fraction of sp³-hybridized carbons (Fsp3) is 0.375. The number of likely N-dealkylation sites (tertiary alicyclic amines) is 1. The Morgan fingerprint density at radius 1 is 1.32 bits per heavy atom. The minimum Gasteiger partial charge on any atom is -0.481 e. The normalized spacial score (nSPS) is 17.9. The lowest BCUT2D eigenvalue weighted by atomic mass is 9.97. The summed E-state index contributed by atoms with van der Waals surface area (Å²) in [6.45, 7) is 6.49. The van der Waals surface area contributed by atoms with Gasteiger partial charge in [0, 0.05) is 6.54 Å². The van der Waals surface area contributed by atoms with Crippen LogP contribution in [0.15, 0.2) is 30.3 Å². The van der Waals surface area contributed by atoms with E-state index >= 15 is 0 Å². The van der Waals surface area contributed by atoms with E-state index in [9.17, 15) is 4.79 Å². The van der Waals surface area contributed by atoms with Gasteiger partial charge in [-0.3, -0.25) is 9.69 Å². The van der Waals surface area contributed by atoms with Crippen LogP contribution >= 0.6 is 0 Å². The number of carboxylic acids is 1. The van der Waals surface area contributed by atoms with E-state index in [1.807, 2.05) is 12.1 Å². The summed E-state index contributed by atoms with van der Waals surface area (Å²) < 4.78 is 0. The highest BCUT2D eigenvalue weighted by Crippen LogP contribution is 2.17. The average molecular weight is 258 g/mol. The van der Waals surface area contributed by atoms with Gasteiger partial charge in [-0.2, -0.15) is 0 Å². The van der Waals surface area contributed by atoms with E-state index in [-0.39, 0.29) is 5.92 Å². The molecule has 19 heavy (non-hydrogen) atoms. The molecule has 2 rings (SSSR count). The Bertz CT molecular complexity index is 442. The molecule has 101 valence electrons. The molecule has 1 heterocycles. The first kappa shape index (κ1) is 13.8. The zero-order valence-corrected chi connectivity index (χ0v) is 11.1. The molecule has 0 saturated carbocycles. The van der Waals surface area contributed by atoms with Crippen LogP contribution < -0.4 is 0 Å². The Hall–Kier alpha value is -1.61. The molecule has 3 nitrogen and oxygen atoms in total. The standard InChI is InChI=1S/C16H20NO2/c1-13-4-6-14(7-5-13)3-2-10-17-11-8-15(9-12-17)16(18)19/h2-7,15H,1,8-12H2,(H,18,19)/b3-2+. The summed E-state index contributed by atoms with van der Waals surface area (Å²) in [6.07, 6.45) is 5.76. The first-order valence-electron chi connectivity index (χ1n) is 6.69. The second kappa shape index (κ2) is 6.53. The van der Waals surface area contributed by atoms with Crippen molar-refractivity contribution in [1.29, 1.82) is 0 Å². The number of nitrogens with zero attached hydrogens (tertiary/aromatic N) is 1. The van der Waals surface area contributed by atoms with Crippen molar-refractivity contribution in [3.63, 3.8) is 0 Å². The van der Waals surface area contributed by atoms with E-state index in [0.29, 0.717) is 0 Å². The van der Waals surface area contributed by atoms with Crippen molar-refractivity contribution in [2.75, 3.05) is 19.6 Å². The van der Waals surface area contributed by atoms with Crippen molar-refractivity contribution in [1.82, 2.24) is 4.90 Å². The smallest absolute Gasteiger partial charge is 0.306 e. The van der Waals surface area contributed by atoms with Crippen LogP contribution in [0.4, 0.5) is 0 Å². The first-order chi connectivity index (χ1) is 9.15. The van der Waals surface area contributed by atoms with Crippen LogP contribution in [0.25, 0.3) is 6.08 Å². The van der Waals surface area contributed by atoms with Gasteiger partial charge in [-0.15, -0.1) is 0 Å². The lowest BCUT2D eigenvalue weighted by Crippen LogP contribution is -2.36. The predicted molar refractivity (Wildman–Crippen MR) is 76.7 cm³/mol. The van der Waals surface area contributed by atoms with Crippen molar-refractivity contribution in [2.45, 2.75) is 12.8 Å². The third-order valence-electron chi connectivity index (χ3n) is 3.59. The summed E-state index contributed by atoms with van der Waals surface area (Å²) in [5.74, 6) is -0.798. The zero-order chi connectivity index (χ0) is 13.7. The van der Waals surface area contributed by atoms with Crippen LogP contribution in [-0.4, -0.2) is 35.6 Å². The Morgan fingerprint density at radius 3 is 2.53 bits per heavy atom. The van der Waals surface area contributed by atoms with Gasteiger partial charge in [0.25, 0.3) is 0 Å². The molecule has 0 unspecified atom stereocenters. The molecule has 1 aliphatic rings. The molecule has 0 amide bonds. The molecule has 0 aromatic heterocycles. The molecule has 0 aliphatic carbocycles. The monoisotopic (exact) mass is 258 g/mol. The largest absolute Gasteiger partial charge is 0.481 e. The Labute approximate surface area is 114 Å². The van der Waals surface area contributed by atoms with Gasteiger partial charge in [0.05, 0.1) is 5.92 Å². The molecule has 3 heteroatoms. The Kier molecular flexibility index (Phi) is 4.74. The van der Waals surface area contributed by atoms with Crippen LogP contribution in [0.3, 0.4) is 0 Å². The van der Waals surface area contributed by atoms with Crippen LogP contribution in [0.5, 0.6) is 0 Å². The maximum Gasteiger partial charge on any atom is 0.306 e. The summed E-state index contributed by atoms with van der Waals surface area (Å²) in [5, 5.41) is 8.93. The molecule has 1 radical (unpaired) electrons. The molecule has 0 bridgehead atoms. The van der Waals surface area contributed by atoms with E-state index in [0.717, 1.165) is 38.0 Å². The first-order valence-corrected chi connectivity index (χ1v) is 6.69. The van der Waals surface area contributed by atoms with Gasteiger partial charge in [-0.05, 0) is 44.0 Å². The van der Waals surface area contributed by atoms with E-state index in [1.165, 1.54) is 5.56 Å². The number of hydrogen-bond acceptors (Lipinski definition) is 2. The lowest BCUT2D eigenvalue weighted by Gasteiger charge is -2.28. The van der Waals surface area contributed by atoms with Gasteiger partial charge in [0.1, 0.15) is 0 Å². The molecule has 1 aromatic carbocycles. The SMILES string of the molecule is [CH2]c1ccc(/C=C/CN2CCC(C(=O)O)CC2)cc1. The number of aliphatic carboxylic acids is 1. The van der Waals surface area contributed by atoms with Crippen molar-refractivity contribution < 1.29 is 9.90 Å². The summed E-state index contributed by atoms with van der Waals surface area (Å²) in [7, 11) is 0. The molecule has 1 saturated heterocycles. The predicted octanol–water partition coefficient (Wildman–Crippen LogP) is 2.68. The lowest BCUT2D eigenvalue weighted by molar-refractivity contribution is -0.143. The van der Waals surface area contributed by atoms with Gasteiger partial charge in [0.15, 0.2) is 0 Å². The number of hydrogen-bond donors (Lipinski definition) is 1. The Balaban J connectivity index is 1.77. The summed E-state index contributed by atoms with van der Waals surface area (Å²) in [5.41, 5.74) is 2.20. The topological polar surface area (TPSA) is 40.5 Å². The molecule has 0 spiro atoms. The van der Waals surface area contributed by atoms with E-state index in [4.69, 9.17) is 5.11 Å². The van der Waals surface area contributed by atoms with Gasteiger partial charge < -0.3 is 5.11 Å². The van der Waals surface area contributed by atoms with E-state index < -0.39 is 5.97 Å². The highest BCUT2D eigenvalue weighted by Gasteiger charge is 2.23. The molecule has 0 atom stereocenters. The summed E-state index contributed by atoms with van der Waals surface area (Å²) in [4.78, 5) is 13.1. The molecule has 1 aliphatic heterocycles. The minimum absolute atomic E-state index is 0.148. The third kappa shape index (κ3) is 4.21. The third-order valence-corrected chi connectivity index (χ3v) is 3.59. The maximum absolute atomic E-state index is 10.8. The summed E-state index contributed by atoms with van der Waals surface area (Å²) >= 11 is 0. The quantitative estimate of drug-likeness (QED) is 0.902. The number of carboxylic acid groups (broad SMARTS) is 1. The Morgan fingerprint density at radius 2 is 1.95 bits per heavy atom. The van der Waals surface area contributed by atoms with Crippen molar-refractivity contribution >= 4 is 12.0 Å². The zero-order valence-electron chi connectivity index (χ0n) is 11.1. The minimum atomic E-state index is -0.650. The molecular formula is C16H20NO2. The van der Waals surface area contributed by atoms with Crippen molar-refractivity contribution in [3.8, 4) is 0 Å². The molecule has 1 fully saturated rings. The second-order valence-electron chi connectivity index (χ2n) is 5.06. The maximum atomic E-state index is 10.8. The second-order valence-corrected chi connectivity index (χ2v) is 5.06. The van der Waals surface area contributed by atoms with Crippen molar-refractivity contribution in [2.24, 2.45) is 5.92 Å². The molecule has 1 aromatic rings. The van der Waals surface area contributed by atoms with Crippen LogP contribution in [0, 0.1) is 12.8 Å². The summed E-state index contributed by atoms with van der Waals surface area (Å²) in [6, 6.07) is 8.10. The fourth-order valence-corrected chi connectivity index (χ4v) is 2.33. The molecular weight excluding hydrogens is 238 g/mol. The number of rotatable bonds is 4. The van der Waals surface area contributed by atoms with E-state index in [1.54, 1.807) is 0 Å². The van der Waals surface area contributed by atoms with Gasteiger partial charge in [-0.25, -0.2) is 0 Å².